The number of rotatable bonds is 5. The smallest absolute Gasteiger partial charge is 0.0640 e. The van der Waals surface area contributed by atoms with E-state index in [2.05, 4.69) is 11.9 Å². The molecule has 2 nitrogen and oxygen atoms in total. The van der Waals surface area contributed by atoms with Crippen molar-refractivity contribution in [1.29, 1.82) is 0 Å². The van der Waals surface area contributed by atoms with Gasteiger partial charge in [0.15, 0.2) is 0 Å². The topological polar surface area (TPSA) is 29.3 Å². The Balaban J connectivity index is 1.90. The van der Waals surface area contributed by atoms with Crippen LogP contribution >= 0.6 is 23.2 Å². The highest BCUT2D eigenvalue weighted by Gasteiger charge is 2.22. The minimum atomic E-state index is -0.0428. The van der Waals surface area contributed by atoms with Crippen LogP contribution in [0.15, 0.2) is 18.2 Å². The van der Waals surface area contributed by atoms with E-state index in [0.29, 0.717) is 10.0 Å². The van der Waals surface area contributed by atoms with Crippen LogP contribution in [0.2, 0.25) is 10.0 Å². The highest BCUT2D eigenvalue weighted by Crippen LogP contribution is 2.31. The Labute approximate surface area is 119 Å². The largest absolute Gasteiger partial charge is 0.324 e. The van der Waals surface area contributed by atoms with E-state index in [4.69, 9.17) is 28.9 Å². The van der Waals surface area contributed by atoms with Gasteiger partial charge in [-0.25, -0.2) is 0 Å². The molecule has 2 rings (SSSR count). The van der Waals surface area contributed by atoms with E-state index < -0.39 is 0 Å². The molecule has 1 unspecified atom stereocenters. The van der Waals surface area contributed by atoms with Crippen LogP contribution in [0.25, 0.3) is 0 Å². The minimum absolute atomic E-state index is 0.0428. The van der Waals surface area contributed by atoms with Gasteiger partial charge in [0, 0.05) is 12.1 Å². The molecule has 0 bridgehead atoms. The third kappa shape index (κ3) is 3.18. The van der Waals surface area contributed by atoms with Gasteiger partial charge in [-0.1, -0.05) is 41.8 Å². The maximum absolute atomic E-state index is 6.20. The molecule has 1 fully saturated rings. The predicted octanol–water partition coefficient (Wildman–Crippen LogP) is 3.87. The van der Waals surface area contributed by atoms with Gasteiger partial charge in [-0.3, -0.25) is 0 Å². The van der Waals surface area contributed by atoms with Crippen molar-refractivity contribution in [3.05, 3.63) is 33.8 Å². The summed E-state index contributed by atoms with van der Waals surface area (Å²) in [6, 6.07) is 6.37. The quantitative estimate of drug-likeness (QED) is 0.890. The highest BCUT2D eigenvalue weighted by atomic mass is 35.5. The third-order valence-corrected chi connectivity index (χ3v) is 4.71. The van der Waals surface area contributed by atoms with Crippen LogP contribution in [0.4, 0.5) is 0 Å². The number of nitrogens with zero attached hydrogens (tertiary/aromatic N) is 1. The monoisotopic (exact) mass is 286 g/mol. The Morgan fingerprint density at radius 1 is 1.39 bits per heavy atom. The maximum atomic E-state index is 6.20. The first-order valence-corrected chi connectivity index (χ1v) is 7.25. The molecule has 100 valence electrons. The molecule has 1 aromatic rings. The molecule has 1 saturated carbocycles. The average Bonchev–Trinajstić information content (AvgIpc) is 2.27. The lowest BCUT2D eigenvalue weighted by Crippen LogP contribution is -2.38. The van der Waals surface area contributed by atoms with E-state index in [1.54, 1.807) is 6.07 Å². The van der Waals surface area contributed by atoms with Gasteiger partial charge in [0.25, 0.3) is 0 Å². The van der Waals surface area contributed by atoms with Gasteiger partial charge in [0.2, 0.25) is 0 Å². The molecule has 1 atom stereocenters. The van der Waals surface area contributed by atoms with E-state index in [9.17, 15) is 0 Å². The molecule has 1 aliphatic carbocycles. The zero-order valence-electron chi connectivity index (χ0n) is 10.7. The van der Waals surface area contributed by atoms with E-state index in [1.165, 1.54) is 19.3 Å². The Kier molecular flexibility index (Phi) is 4.91. The number of hydrogen-bond donors (Lipinski definition) is 1. The lowest BCUT2D eigenvalue weighted by atomic mass is 9.91. The molecular formula is C14H20Cl2N2. The molecule has 0 amide bonds. The van der Waals surface area contributed by atoms with Crippen LogP contribution in [0.5, 0.6) is 0 Å². The van der Waals surface area contributed by atoms with Gasteiger partial charge < -0.3 is 10.6 Å². The molecule has 4 heteroatoms. The van der Waals surface area contributed by atoms with Crippen LogP contribution in [0.3, 0.4) is 0 Å². The Bertz CT molecular complexity index is 405. The molecule has 0 heterocycles. The van der Waals surface area contributed by atoms with Crippen molar-refractivity contribution in [2.45, 2.75) is 37.8 Å². The summed E-state index contributed by atoms with van der Waals surface area (Å²) in [5, 5.41) is 1.18. The second kappa shape index (κ2) is 6.25. The van der Waals surface area contributed by atoms with Crippen molar-refractivity contribution in [1.82, 2.24) is 4.90 Å². The Morgan fingerprint density at radius 3 is 2.72 bits per heavy atom. The number of halogens is 2. The van der Waals surface area contributed by atoms with Crippen molar-refractivity contribution in [3.8, 4) is 0 Å². The SMILES string of the molecule is CN(CCC(N)c1cccc(Cl)c1Cl)C1CCC1. The van der Waals surface area contributed by atoms with Crippen LogP contribution in [0.1, 0.15) is 37.3 Å². The minimum Gasteiger partial charge on any atom is -0.324 e. The van der Waals surface area contributed by atoms with Gasteiger partial charge in [-0.05, 0) is 44.5 Å². The predicted molar refractivity (Wildman–Crippen MR) is 78.3 cm³/mol. The fraction of sp³-hybridized carbons (Fsp3) is 0.571. The summed E-state index contributed by atoms with van der Waals surface area (Å²) in [4.78, 5) is 2.40. The van der Waals surface area contributed by atoms with Gasteiger partial charge in [0.1, 0.15) is 0 Å². The van der Waals surface area contributed by atoms with Crippen LogP contribution in [-0.2, 0) is 0 Å². The first-order valence-electron chi connectivity index (χ1n) is 6.49. The maximum Gasteiger partial charge on any atom is 0.0640 e. The standard InChI is InChI=1S/C14H20Cl2N2/c1-18(10-4-2-5-10)9-8-13(17)11-6-3-7-12(15)14(11)16/h3,6-7,10,13H,2,4-5,8-9,17H2,1H3. The van der Waals surface area contributed by atoms with Crippen LogP contribution in [0, 0.1) is 0 Å². The molecular weight excluding hydrogens is 267 g/mol. The van der Waals surface area contributed by atoms with E-state index in [-0.39, 0.29) is 6.04 Å². The summed E-state index contributed by atoms with van der Waals surface area (Å²) < 4.78 is 0. The fourth-order valence-corrected chi connectivity index (χ4v) is 2.76. The van der Waals surface area contributed by atoms with Crippen molar-refractivity contribution in [2.24, 2.45) is 5.73 Å². The summed E-state index contributed by atoms with van der Waals surface area (Å²) in [5.41, 5.74) is 7.15. The van der Waals surface area contributed by atoms with Crippen molar-refractivity contribution >= 4 is 23.2 Å². The van der Waals surface area contributed by atoms with Crippen molar-refractivity contribution < 1.29 is 0 Å². The van der Waals surface area contributed by atoms with E-state index in [1.807, 2.05) is 12.1 Å². The highest BCUT2D eigenvalue weighted by molar-refractivity contribution is 6.42. The average molecular weight is 287 g/mol. The summed E-state index contributed by atoms with van der Waals surface area (Å²) in [6.07, 6.45) is 4.92. The second-order valence-electron chi connectivity index (χ2n) is 5.10. The lowest BCUT2D eigenvalue weighted by molar-refractivity contribution is 0.155. The number of benzene rings is 1. The molecule has 0 saturated heterocycles. The zero-order valence-corrected chi connectivity index (χ0v) is 12.2. The molecule has 2 N–H and O–H groups in total. The molecule has 1 aliphatic rings. The summed E-state index contributed by atoms with van der Waals surface area (Å²) in [6.45, 7) is 1.01. The lowest BCUT2D eigenvalue weighted by Gasteiger charge is -2.35. The first kappa shape index (κ1) is 14.1. The Hall–Kier alpha value is -0.280. The van der Waals surface area contributed by atoms with Gasteiger partial charge in [-0.15, -0.1) is 0 Å². The molecule has 0 spiro atoms. The van der Waals surface area contributed by atoms with Crippen LogP contribution < -0.4 is 5.73 Å². The molecule has 0 radical (unpaired) electrons. The van der Waals surface area contributed by atoms with Crippen molar-refractivity contribution in [2.75, 3.05) is 13.6 Å². The fourth-order valence-electron chi connectivity index (χ4n) is 2.32. The number of hydrogen-bond acceptors (Lipinski definition) is 2. The molecule has 0 aromatic heterocycles. The molecule has 1 aromatic carbocycles. The summed E-state index contributed by atoms with van der Waals surface area (Å²) in [7, 11) is 2.18. The van der Waals surface area contributed by atoms with Gasteiger partial charge in [-0.2, -0.15) is 0 Å². The van der Waals surface area contributed by atoms with Crippen LogP contribution in [-0.4, -0.2) is 24.5 Å². The van der Waals surface area contributed by atoms with E-state index >= 15 is 0 Å². The van der Waals surface area contributed by atoms with Crippen molar-refractivity contribution in [3.63, 3.8) is 0 Å². The first-order chi connectivity index (χ1) is 8.59. The third-order valence-electron chi connectivity index (χ3n) is 3.87. The summed E-state index contributed by atoms with van der Waals surface area (Å²) in [5.74, 6) is 0. The second-order valence-corrected chi connectivity index (χ2v) is 5.89. The number of nitrogens with two attached hydrogens (primary N) is 1. The Morgan fingerprint density at radius 2 is 2.11 bits per heavy atom. The van der Waals surface area contributed by atoms with Gasteiger partial charge in [0.05, 0.1) is 10.0 Å². The van der Waals surface area contributed by atoms with Gasteiger partial charge >= 0.3 is 0 Å². The zero-order chi connectivity index (χ0) is 13.1. The molecule has 0 aliphatic heterocycles. The normalized spacial score (nSPS) is 17.8. The molecule has 18 heavy (non-hydrogen) atoms. The summed E-state index contributed by atoms with van der Waals surface area (Å²) >= 11 is 12.2. The van der Waals surface area contributed by atoms with E-state index in [0.717, 1.165) is 24.6 Å².